The first kappa shape index (κ1) is 16.3. The maximum absolute atomic E-state index is 11.8. The Morgan fingerprint density at radius 3 is 3.00 bits per heavy atom. The molecule has 0 aromatic heterocycles. The largest absolute Gasteiger partial charge is 0.483 e. The minimum atomic E-state index is -0.0255. The number of hydrogen-bond donors (Lipinski definition) is 2. The quantitative estimate of drug-likeness (QED) is 0.798. The van der Waals surface area contributed by atoms with Crippen LogP contribution in [0, 0.1) is 5.92 Å². The third kappa shape index (κ3) is 5.22. The first-order chi connectivity index (χ1) is 11.2. The molecule has 0 bridgehead atoms. The molecular formula is C18H27N3O2. The number of rotatable bonds is 7. The molecule has 1 aliphatic carbocycles. The number of ether oxygens (including phenoxy) is 1. The first-order valence-electron chi connectivity index (χ1n) is 8.64. The molecule has 0 spiro atoms. The van der Waals surface area contributed by atoms with E-state index in [0.717, 1.165) is 44.0 Å². The summed E-state index contributed by atoms with van der Waals surface area (Å²) in [5, 5.41) is 6.39. The minimum absolute atomic E-state index is 0.0255. The minimum Gasteiger partial charge on any atom is -0.483 e. The maximum Gasteiger partial charge on any atom is 0.257 e. The number of hydrogen-bond acceptors (Lipinski definition) is 4. The lowest BCUT2D eigenvalue weighted by Gasteiger charge is -2.32. The smallest absolute Gasteiger partial charge is 0.257 e. The van der Waals surface area contributed by atoms with Gasteiger partial charge in [0.1, 0.15) is 5.75 Å². The van der Waals surface area contributed by atoms with Crippen LogP contribution in [0.2, 0.25) is 0 Å². The van der Waals surface area contributed by atoms with Crippen molar-refractivity contribution in [2.45, 2.75) is 32.4 Å². The van der Waals surface area contributed by atoms with Gasteiger partial charge in [-0.1, -0.05) is 18.2 Å². The number of benzene rings is 1. The standard InChI is InChI=1S/C18H27N3O2/c1-14-11-21(9-8-19-14)12-16-4-2-3-5-17(16)23-13-18(22)20-10-15-6-7-15/h2-5,14-15,19H,6-13H2,1H3,(H,20,22)/t14-/m1/s1. The second-order valence-electron chi connectivity index (χ2n) is 6.73. The van der Waals surface area contributed by atoms with Crippen LogP contribution in [-0.4, -0.2) is 49.6 Å². The molecule has 5 nitrogen and oxygen atoms in total. The third-order valence-corrected chi connectivity index (χ3v) is 4.46. The highest BCUT2D eigenvalue weighted by Crippen LogP contribution is 2.27. The summed E-state index contributed by atoms with van der Waals surface area (Å²) < 4.78 is 5.77. The van der Waals surface area contributed by atoms with Gasteiger partial charge in [-0.2, -0.15) is 0 Å². The molecule has 1 amide bonds. The van der Waals surface area contributed by atoms with Crippen LogP contribution in [-0.2, 0) is 11.3 Å². The zero-order chi connectivity index (χ0) is 16.1. The van der Waals surface area contributed by atoms with Crippen LogP contribution < -0.4 is 15.4 Å². The first-order valence-corrected chi connectivity index (χ1v) is 8.64. The predicted molar refractivity (Wildman–Crippen MR) is 90.4 cm³/mol. The Labute approximate surface area is 138 Å². The van der Waals surface area contributed by atoms with Crippen LogP contribution in [0.3, 0.4) is 0 Å². The lowest BCUT2D eigenvalue weighted by Crippen LogP contribution is -2.48. The van der Waals surface area contributed by atoms with Crippen molar-refractivity contribution in [1.82, 2.24) is 15.5 Å². The van der Waals surface area contributed by atoms with E-state index in [2.05, 4.69) is 28.5 Å². The van der Waals surface area contributed by atoms with E-state index in [1.54, 1.807) is 0 Å². The second kappa shape index (κ2) is 7.79. The molecule has 1 aliphatic heterocycles. The van der Waals surface area contributed by atoms with E-state index >= 15 is 0 Å². The molecule has 2 fully saturated rings. The number of piperazine rings is 1. The van der Waals surface area contributed by atoms with Crippen molar-refractivity contribution in [3.63, 3.8) is 0 Å². The van der Waals surface area contributed by atoms with E-state index in [1.807, 2.05) is 18.2 Å². The summed E-state index contributed by atoms with van der Waals surface area (Å²) in [6.45, 7) is 7.07. The molecule has 23 heavy (non-hydrogen) atoms. The summed E-state index contributed by atoms with van der Waals surface area (Å²) in [7, 11) is 0. The summed E-state index contributed by atoms with van der Waals surface area (Å²) in [6.07, 6.45) is 2.49. The van der Waals surface area contributed by atoms with Crippen molar-refractivity contribution in [2.24, 2.45) is 5.92 Å². The molecular weight excluding hydrogens is 290 g/mol. The summed E-state index contributed by atoms with van der Waals surface area (Å²) in [4.78, 5) is 14.3. The molecule has 2 N–H and O–H groups in total. The van der Waals surface area contributed by atoms with Crippen LogP contribution in [0.4, 0.5) is 0 Å². The van der Waals surface area contributed by atoms with Gasteiger partial charge >= 0.3 is 0 Å². The number of para-hydroxylation sites is 1. The maximum atomic E-state index is 11.8. The number of carbonyl (C=O) groups is 1. The van der Waals surface area contributed by atoms with E-state index in [9.17, 15) is 4.79 Å². The van der Waals surface area contributed by atoms with Gasteiger partial charge in [-0.05, 0) is 31.7 Å². The fraction of sp³-hybridized carbons (Fsp3) is 0.611. The Kier molecular flexibility index (Phi) is 5.51. The van der Waals surface area contributed by atoms with Crippen molar-refractivity contribution in [1.29, 1.82) is 0 Å². The molecule has 1 atom stereocenters. The van der Waals surface area contributed by atoms with Crippen molar-refractivity contribution < 1.29 is 9.53 Å². The molecule has 0 unspecified atom stereocenters. The van der Waals surface area contributed by atoms with E-state index in [1.165, 1.54) is 12.8 Å². The van der Waals surface area contributed by atoms with Crippen LogP contribution >= 0.6 is 0 Å². The van der Waals surface area contributed by atoms with Crippen molar-refractivity contribution in [3.05, 3.63) is 29.8 Å². The van der Waals surface area contributed by atoms with Gasteiger partial charge in [0.2, 0.25) is 0 Å². The van der Waals surface area contributed by atoms with Gasteiger partial charge in [0.05, 0.1) is 0 Å². The van der Waals surface area contributed by atoms with Gasteiger partial charge in [-0.15, -0.1) is 0 Å². The van der Waals surface area contributed by atoms with Gasteiger partial charge in [0, 0.05) is 44.3 Å². The zero-order valence-electron chi connectivity index (χ0n) is 13.9. The van der Waals surface area contributed by atoms with Crippen LogP contribution in [0.25, 0.3) is 0 Å². The lowest BCUT2D eigenvalue weighted by molar-refractivity contribution is -0.123. The average molecular weight is 317 g/mol. The van der Waals surface area contributed by atoms with Crippen LogP contribution in [0.1, 0.15) is 25.3 Å². The van der Waals surface area contributed by atoms with Gasteiger partial charge in [-0.3, -0.25) is 9.69 Å². The molecule has 5 heteroatoms. The summed E-state index contributed by atoms with van der Waals surface area (Å²) in [5.41, 5.74) is 1.15. The molecule has 2 aliphatic rings. The number of carbonyl (C=O) groups excluding carboxylic acids is 1. The van der Waals surface area contributed by atoms with Crippen molar-refractivity contribution >= 4 is 5.91 Å². The second-order valence-corrected chi connectivity index (χ2v) is 6.73. The molecule has 1 aromatic carbocycles. The third-order valence-electron chi connectivity index (χ3n) is 4.46. The van der Waals surface area contributed by atoms with Crippen molar-refractivity contribution in [2.75, 3.05) is 32.8 Å². The SMILES string of the molecule is C[C@@H]1CN(Cc2ccccc2OCC(=O)NCC2CC2)CCN1. The average Bonchev–Trinajstić information content (AvgIpc) is 3.36. The fourth-order valence-corrected chi connectivity index (χ4v) is 2.95. The Morgan fingerprint density at radius 1 is 1.39 bits per heavy atom. The van der Waals surface area contributed by atoms with E-state index in [-0.39, 0.29) is 12.5 Å². The predicted octanol–water partition coefficient (Wildman–Crippen LogP) is 1.39. The summed E-state index contributed by atoms with van der Waals surface area (Å²) in [6, 6.07) is 8.55. The number of amides is 1. The molecule has 0 radical (unpaired) electrons. The fourth-order valence-electron chi connectivity index (χ4n) is 2.95. The van der Waals surface area contributed by atoms with E-state index in [0.29, 0.717) is 12.0 Å². The monoisotopic (exact) mass is 317 g/mol. The highest BCUT2D eigenvalue weighted by Gasteiger charge is 2.22. The topological polar surface area (TPSA) is 53.6 Å². The summed E-state index contributed by atoms with van der Waals surface area (Å²) >= 11 is 0. The van der Waals surface area contributed by atoms with Gasteiger partial charge < -0.3 is 15.4 Å². The number of nitrogens with zero attached hydrogens (tertiary/aromatic N) is 1. The normalized spacial score (nSPS) is 21.9. The Balaban J connectivity index is 1.51. The molecule has 1 saturated heterocycles. The molecule has 126 valence electrons. The molecule has 1 heterocycles. The van der Waals surface area contributed by atoms with Crippen LogP contribution in [0.5, 0.6) is 5.75 Å². The van der Waals surface area contributed by atoms with E-state index in [4.69, 9.17) is 4.74 Å². The highest BCUT2D eigenvalue weighted by atomic mass is 16.5. The van der Waals surface area contributed by atoms with Gasteiger partial charge in [0.25, 0.3) is 5.91 Å². The summed E-state index contributed by atoms with van der Waals surface area (Å²) in [5.74, 6) is 1.49. The van der Waals surface area contributed by atoms with Gasteiger partial charge in [0.15, 0.2) is 6.61 Å². The Bertz CT molecular complexity index is 531. The lowest BCUT2D eigenvalue weighted by atomic mass is 10.1. The highest BCUT2D eigenvalue weighted by molar-refractivity contribution is 5.77. The Morgan fingerprint density at radius 2 is 2.22 bits per heavy atom. The zero-order valence-corrected chi connectivity index (χ0v) is 13.9. The Hall–Kier alpha value is -1.59. The molecule has 3 rings (SSSR count). The van der Waals surface area contributed by atoms with Gasteiger partial charge in [-0.25, -0.2) is 0 Å². The molecule has 1 saturated carbocycles. The van der Waals surface area contributed by atoms with E-state index < -0.39 is 0 Å². The van der Waals surface area contributed by atoms with Crippen LogP contribution in [0.15, 0.2) is 24.3 Å². The number of nitrogens with one attached hydrogen (secondary N) is 2. The molecule has 1 aromatic rings. The van der Waals surface area contributed by atoms with Crippen molar-refractivity contribution in [3.8, 4) is 5.75 Å².